The summed E-state index contributed by atoms with van der Waals surface area (Å²) in [7, 11) is 2.77. The van der Waals surface area contributed by atoms with Crippen LogP contribution in [0.1, 0.15) is 20.7 Å². The van der Waals surface area contributed by atoms with Gasteiger partial charge in [0.25, 0.3) is 11.8 Å². The SMILES string of the molecule is CON1C(=O)c2ccccc2N(OC)C(=O)c2ccccc21. The highest BCUT2D eigenvalue weighted by Gasteiger charge is 2.33. The molecule has 6 heteroatoms. The lowest BCUT2D eigenvalue weighted by Gasteiger charge is -2.30. The molecule has 2 aromatic carbocycles. The van der Waals surface area contributed by atoms with Crippen LogP contribution in [0, 0.1) is 0 Å². The van der Waals surface area contributed by atoms with Crippen LogP contribution in [0.15, 0.2) is 48.5 Å². The Bertz CT molecular complexity index is 681. The minimum atomic E-state index is -0.375. The van der Waals surface area contributed by atoms with Crippen molar-refractivity contribution >= 4 is 23.2 Å². The fraction of sp³-hybridized carbons (Fsp3) is 0.125. The topological polar surface area (TPSA) is 59.1 Å². The maximum absolute atomic E-state index is 12.8. The molecule has 3 rings (SSSR count). The molecule has 1 heterocycles. The van der Waals surface area contributed by atoms with Gasteiger partial charge in [0.05, 0.1) is 36.7 Å². The molecule has 1 aliphatic rings. The van der Waals surface area contributed by atoms with E-state index in [9.17, 15) is 9.59 Å². The van der Waals surface area contributed by atoms with Gasteiger partial charge in [-0.2, -0.15) is 10.1 Å². The average Bonchev–Trinajstić information content (AvgIpc) is 2.56. The van der Waals surface area contributed by atoms with Crippen molar-refractivity contribution in [1.29, 1.82) is 0 Å². The molecule has 22 heavy (non-hydrogen) atoms. The van der Waals surface area contributed by atoms with Crippen molar-refractivity contribution < 1.29 is 19.3 Å². The van der Waals surface area contributed by atoms with Crippen LogP contribution in [0.4, 0.5) is 11.4 Å². The molecule has 0 unspecified atom stereocenters. The zero-order valence-electron chi connectivity index (χ0n) is 12.1. The number of carbonyl (C=O) groups is 2. The van der Waals surface area contributed by atoms with Crippen LogP contribution in [-0.4, -0.2) is 26.0 Å². The minimum Gasteiger partial charge on any atom is -0.269 e. The standard InChI is InChI=1S/C16H14N2O4/c1-21-17-13-9-5-3-7-11(13)16(20)18(22-2)14-10-6-4-8-12(14)15(17)19/h3-10H,1-2H3. The number of anilines is 2. The van der Waals surface area contributed by atoms with Gasteiger partial charge in [-0.25, -0.2) is 0 Å². The summed E-state index contributed by atoms with van der Waals surface area (Å²) in [6.45, 7) is 0. The maximum Gasteiger partial charge on any atom is 0.284 e. The Morgan fingerprint density at radius 2 is 1.05 bits per heavy atom. The number of carbonyl (C=O) groups excluding carboxylic acids is 2. The first-order valence-electron chi connectivity index (χ1n) is 6.64. The lowest BCUT2D eigenvalue weighted by atomic mass is 10.1. The first-order chi connectivity index (χ1) is 10.7. The van der Waals surface area contributed by atoms with E-state index in [2.05, 4.69) is 0 Å². The zero-order valence-corrected chi connectivity index (χ0v) is 12.1. The molecule has 0 aliphatic carbocycles. The summed E-state index contributed by atoms with van der Waals surface area (Å²) in [6, 6.07) is 13.4. The average molecular weight is 298 g/mol. The molecule has 112 valence electrons. The molecule has 0 saturated carbocycles. The van der Waals surface area contributed by atoms with E-state index in [4.69, 9.17) is 9.68 Å². The molecule has 2 aromatic rings. The molecule has 2 amide bonds. The summed E-state index contributed by atoms with van der Waals surface area (Å²) >= 11 is 0. The number of hydrogen-bond donors (Lipinski definition) is 0. The van der Waals surface area contributed by atoms with Crippen LogP contribution in [0.2, 0.25) is 0 Å². The first-order valence-corrected chi connectivity index (χ1v) is 6.64. The molecule has 0 saturated heterocycles. The lowest BCUT2D eigenvalue weighted by Crippen LogP contribution is -2.39. The second-order valence-electron chi connectivity index (χ2n) is 4.60. The van der Waals surface area contributed by atoms with Crippen LogP contribution in [0.5, 0.6) is 0 Å². The highest BCUT2D eigenvalue weighted by molar-refractivity contribution is 6.18. The third kappa shape index (κ3) is 2.05. The Labute approximate surface area is 127 Å². The Morgan fingerprint density at radius 3 is 1.41 bits per heavy atom. The molecule has 0 spiro atoms. The molecule has 0 radical (unpaired) electrons. The first kappa shape index (κ1) is 14.2. The van der Waals surface area contributed by atoms with Crippen LogP contribution >= 0.6 is 0 Å². The van der Waals surface area contributed by atoms with E-state index in [1.165, 1.54) is 14.2 Å². The van der Waals surface area contributed by atoms with E-state index in [0.717, 1.165) is 10.1 Å². The number of fused-ring (bicyclic) bond motifs is 2. The second-order valence-corrected chi connectivity index (χ2v) is 4.60. The van der Waals surface area contributed by atoms with E-state index < -0.39 is 0 Å². The van der Waals surface area contributed by atoms with Gasteiger partial charge in [0.2, 0.25) is 0 Å². The van der Waals surface area contributed by atoms with E-state index in [1.807, 2.05) is 0 Å². The Hall–Kier alpha value is -2.70. The van der Waals surface area contributed by atoms with E-state index in [0.29, 0.717) is 22.5 Å². The zero-order chi connectivity index (χ0) is 15.7. The summed E-state index contributed by atoms with van der Waals surface area (Å²) in [4.78, 5) is 35.9. The normalized spacial score (nSPS) is 14.3. The number of hydroxylamine groups is 2. The quantitative estimate of drug-likeness (QED) is 0.854. The third-order valence-corrected chi connectivity index (χ3v) is 3.44. The summed E-state index contributed by atoms with van der Waals surface area (Å²) in [6.07, 6.45) is 0. The Kier molecular flexibility index (Phi) is 3.62. The van der Waals surface area contributed by atoms with E-state index >= 15 is 0 Å². The predicted molar refractivity (Wildman–Crippen MR) is 80.5 cm³/mol. The fourth-order valence-corrected chi connectivity index (χ4v) is 2.46. The predicted octanol–water partition coefficient (Wildman–Crippen LogP) is 2.42. The van der Waals surface area contributed by atoms with Crippen molar-refractivity contribution in [3.63, 3.8) is 0 Å². The number of rotatable bonds is 2. The van der Waals surface area contributed by atoms with Gasteiger partial charge in [0.15, 0.2) is 0 Å². The molecule has 0 aromatic heterocycles. The monoisotopic (exact) mass is 298 g/mol. The van der Waals surface area contributed by atoms with Crippen molar-refractivity contribution in [2.24, 2.45) is 0 Å². The number of benzene rings is 2. The largest absolute Gasteiger partial charge is 0.284 e. The molecule has 0 fully saturated rings. The summed E-state index contributed by atoms with van der Waals surface area (Å²) in [5, 5.41) is 2.22. The van der Waals surface area contributed by atoms with Gasteiger partial charge in [-0.3, -0.25) is 19.3 Å². The third-order valence-electron chi connectivity index (χ3n) is 3.44. The summed E-state index contributed by atoms with van der Waals surface area (Å²) in [5.74, 6) is -0.750. The molecule has 0 atom stereocenters. The van der Waals surface area contributed by atoms with Crippen molar-refractivity contribution in [3.8, 4) is 0 Å². The van der Waals surface area contributed by atoms with Gasteiger partial charge in [-0.15, -0.1) is 0 Å². The molecule has 0 N–H and O–H groups in total. The lowest BCUT2D eigenvalue weighted by molar-refractivity contribution is 0.0724. The Morgan fingerprint density at radius 1 is 0.682 bits per heavy atom. The number of nitrogens with zero attached hydrogens (tertiary/aromatic N) is 2. The van der Waals surface area contributed by atoms with Crippen molar-refractivity contribution in [2.75, 3.05) is 24.3 Å². The van der Waals surface area contributed by atoms with Crippen LogP contribution in [0.25, 0.3) is 0 Å². The number of hydrogen-bond acceptors (Lipinski definition) is 4. The highest BCUT2D eigenvalue weighted by Crippen LogP contribution is 2.32. The van der Waals surface area contributed by atoms with Crippen molar-refractivity contribution in [3.05, 3.63) is 59.7 Å². The van der Waals surface area contributed by atoms with Crippen LogP contribution < -0.4 is 10.1 Å². The van der Waals surface area contributed by atoms with Crippen LogP contribution in [-0.2, 0) is 9.68 Å². The fourth-order valence-electron chi connectivity index (χ4n) is 2.46. The minimum absolute atomic E-state index is 0.314. The Balaban J connectivity index is 2.29. The molecule has 6 nitrogen and oxygen atoms in total. The van der Waals surface area contributed by atoms with Gasteiger partial charge >= 0.3 is 0 Å². The van der Waals surface area contributed by atoms with Gasteiger partial charge in [0, 0.05) is 0 Å². The smallest absolute Gasteiger partial charge is 0.269 e. The van der Waals surface area contributed by atoms with Crippen molar-refractivity contribution in [2.45, 2.75) is 0 Å². The highest BCUT2D eigenvalue weighted by atomic mass is 16.7. The summed E-state index contributed by atoms with van der Waals surface area (Å²) in [5.41, 5.74) is 1.37. The van der Waals surface area contributed by atoms with Crippen molar-refractivity contribution in [1.82, 2.24) is 0 Å². The second kappa shape index (κ2) is 5.59. The molecule has 0 bridgehead atoms. The van der Waals surface area contributed by atoms with Gasteiger partial charge in [-0.1, -0.05) is 24.3 Å². The summed E-state index contributed by atoms with van der Waals surface area (Å²) < 4.78 is 0. The maximum atomic E-state index is 12.8. The van der Waals surface area contributed by atoms with Crippen LogP contribution in [0.3, 0.4) is 0 Å². The van der Waals surface area contributed by atoms with Gasteiger partial charge < -0.3 is 0 Å². The van der Waals surface area contributed by atoms with E-state index in [-0.39, 0.29) is 11.8 Å². The van der Waals surface area contributed by atoms with Gasteiger partial charge in [0.1, 0.15) is 0 Å². The molecule has 1 aliphatic heterocycles. The van der Waals surface area contributed by atoms with E-state index in [1.54, 1.807) is 48.5 Å². The molecular weight excluding hydrogens is 284 g/mol. The number of amides is 2. The number of para-hydroxylation sites is 2. The van der Waals surface area contributed by atoms with Gasteiger partial charge in [-0.05, 0) is 24.3 Å². The molecular formula is C16H14N2O4.